The summed E-state index contributed by atoms with van der Waals surface area (Å²) in [5.74, 6) is 0.327. The number of aliphatic hydroxyl groups excluding tert-OH is 1. The molecule has 0 fully saturated rings. The second-order valence-electron chi connectivity index (χ2n) is 4.35. The lowest BCUT2D eigenvalue weighted by Crippen LogP contribution is -1.94. The number of hydrogen-bond acceptors (Lipinski definition) is 2. The van der Waals surface area contributed by atoms with Crippen LogP contribution in [0.5, 0.6) is 11.5 Å². The molecule has 2 rings (SSSR count). The molecule has 2 aromatic rings. The van der Waals surface area contributed by atoms with E-state index in [0.29, 0.717) is 15.8 Å². The van der Waals surface area contributed by atoms with Crippen LogP contribution >= 0.6 is 15.9 Å². The summed E-state index contributed by atoms with van der Waals surface area (Å²) in [7, 11) is 0. The first-order valence-electron chi connectivity index (χ1n) is 5.89. The molecule has 1 unspecified atom stereocenters. The van der Waals surface area contributed by atoms with Gasteiger partial charge in [0.2, 0.25) is 0 Å². The Hall–Kier alpha value is -1.39. The Kier molecular flexibility index (Phi) is 4.22. The molecule has 100 valence electrons. The quantitative estimate of drug-likeness (QED) is 0.883. The highest BCUT2D eigenvalue weighted by molar-refractivity contribution is 9.10. The third-order valence-corrected chi connectivity index (χ3v) is 3.43. The van der Waals surface area contributed by atoms with Crippen LogP contribution in [-0.4, -0.2) is 5.11 Å². The first kappa shape index (κ1) is 14.0. The van der Waals surface area contributed by atoms with Crippen LogP contribution in [0.2, 0.25) is 0 Å². The van der Waals surface area contributed by atoms with Crippen molar-refractivity contribution in [3.8, 4) is 11.5 Å². The monoisotopic (exact) mass is 324 g/mol. The topological polar surface area (TPSA) is 29.5 Å². The van der Waals surface area contributed by atoms with E-state index in [1.54, 1.807) is 50.2 Å². The summed E-state index contributed by atoms with van der Waals surface area (Å²) in [5, 5.41) is 9.49. The first-order valence-corrected chi connectivity index (χ1v) is 6.69. The standard InChI is InChI=1S/C15H14BrFO2/c1-9-4-3-5-14(15(9)17)19-13-7-6-11(10(2)18)8-12(13)16/h3-8,10,18H,1-2H3. The zero-order valence-electron chi connectivity index (χ0n) is 10.7. The largest absolute Gasteiger partial charge is 0.453 e. The molecule has 0 bridgehead atoms. The summed E-state index contributed by atoms with van der Waals surface area (Å²) in [6, 6.07) is 10.2. The number of rotatable bonds is 3. The Morgan fingerprint density at radius 2 is 1.95 bits per heavy atom. The minimum atomic E-state index is -0.555. The minimum Gasteiger partial charge on any atom is -0.453 e. The fraction of sp³-hybridized carbons (Fsp3) is 0.200. The van der Waals surface area contributed by atoms with Gasteiger partial charge in [0, 0.05) is 0 Å². The third-order valence-electron chi connectivity index (χ3n) is 2.81. The van der Waals surface area contributed by atoms with Gasteiger partial charge in [-0.25, -0.2) is 4.39 Å². The smallest absolute Gasteiger partial charge is 0.168 e. The third kappa shape index (κ3) is 3.14. The molecule has 2 aromatic carbocycles. The molecule has 4 heteroatoms. The van der Waals surface area contributed by atoms with Gasteiger partial charge in [-0.05, 0) is 59.1 Å². The van der Waals surface area contributed by atoms with Crippen LogP contribution in [0.25, 0.3) is 0 Å². The second kappa shape index (κ2) is 5.72. The van der Waals surface area contributed by atoms with Crippen LogP contribution in [0.3, 0.4) is 0 Å². The average Bonchev–Trinajstić information content (AvgIpc) is 2.37. The van der Waals surface area contributed by atoms with Crippen molar-refractivity contribution in [3.63, 3.8) is 0 Å². The zero-order chi connectivity index (χ0) is 14.0. The van der Waals surface area contributed by atoms with E-state index in [0.717, 1.165) is 5.56 Å². The normalized spacial score (nSPS) is 12.3. The molecule has 0 radical (unpaired) electrons. The van der Waals surface area contributed by atoms with Crippen molar-refractivity contribution in [2.45, 2.75) is 20.0 Å². The molecule has 0 amide bonds. The van der Waals surface area contributed by atoms with E-state index >= 15 is 0 Å². The molecule has 1 N–H and O–H groups in total. The zero-order valence-corrected chi connectivity index (χ0v) is 12.2. The second-order valence-corrected chi connectivity index (χ2v) is 5.21. The van der Waals surface area contributed by atoms with E-state index in [1.807, 2.05) is 0 Å². The predicted molar refractivity (Wildman–Crippen MR) is 76.0 cm³/mol. The summed E-state index contributed by atoms with van der Waals surface area (Å²) >= 11 is 3.36. The Balaban J connectivity index is 2.31. The van der Waals surface area contributed by atoms with Gasteiger partial charge in [-0.1, -0.05) is 18.2 Å². The summed E-state index contributed by atoms with van der Waals surface area (Å²) in [4.78, 5) is 0. The van der Waals surface area contributed by atoms with Gasteiger partial charge in [0.1, 0.15) is 5.75 Å². The van der Waals surface area contributed by atoms with E-state index in [2.05, 4.69) is 15.9 Å². The van der Waals surface area contributed by atoms with Crippen molar-refractivity contribution in [3.05, 3.63) is 57.8 Å². The number of aryl methyl sites for hydroxylation is 1. The molecule has 0 heterocycles. The van der Waals surface area contributed by atoms with Gasteiger partial charge in [-0.3, -0.25) is 0 Å². The predicted octanol–water partition coefficient (Wildman–Crippen LogP) is 4.74. The van der Waals surface area contributed by atoms with Crippen LogP contribution in [0.1, 0.15) is 24.2 Å². The van der Waals surface area contributed by atoms with Gasteiger partial charge >= 0.3 is 0 Å². The van der Waals surface area contributed by atoms with Crippen LogP contribution in [0.15, 0.2) is 40.9 Å². The Morgan fingerprint density at radius 3 is 2.58 bits per heavy atom. The van der Waals surface area contributed by atoms with Crippen LogP contribution in [0, 0.1) is 12.7 Å². The number of benzene rings is 2. The minimum absolute atomic E-state index is 0.186. The van der Waals surface area contributed by atoms with Crippen LogP contribution < -0.4 is 4.74 Å². The molecule has 0 aliphatic carbocycles. The molecule has 2 nitrogen and oxygen atoms in total. The summed E-state index contributed by atoms with van der Waals surface area (Å²) in [5.41, 5.74) is 1.30. The highest BCUT2D eigenvalue weighted by Gasteiger charge is 2.10. The van der Waals surface area contributed by atoms with Crippen molar-refractivity contribution in [2.75, 3.05) is 0 Å². The first-order chi connectivity index (χ1) is 8.99. The van der Waals surface area contributed by atoms with E-state index in [9.17, 15) is 9.50 Å². The molecule has 0 saturated carbocycles. The maximum Gasteiger partial charge on any atom is 0.168 e. The van der Waals surface area contributed by atoms with Crippen molar-refractivity contribution < 1.29 is 14.2 Å². The van der Waals surface area contributed by atoms with Gasteiger partial charge in [0.15, 0.2) is 11.6 Å². The summed E-state index contributed by atoms with van der Waals surface area (Å²) in [6.45, 7) is 3.37. The van der Waals surface area contributed by atoms with E-state index in [1.165, 1.54) is 0 Å². The molecular weight excluding hydrogens is 311 g/mol. The molecule has 1 atom stereocenters. The highest BCUT2D eigenvalue weighted by Crippen LogP contribution is 2.33. The number of ether oxygens (including phenoxy) is 1. The molecule has 0 saturated heterocycles. The molecule has 0 aliphatic rings. The van der Waals surface area contributed by atoms with E-state index in [4.69, 9.17) is 4.74 Å². The fourth-order valence-electron chi connectivity index (χ4n) is 1.68. The lowest BCUT2D eigenvalue weighted by molar-refractivity contribution is 0.199. The van der Waals surface area contributed by atoms with E-state index in [-0.39, 0.29) is 11.6 Å². The Bertz CT molecular complexity index is 597. The SMILES string of the molecule is Cc1cccc(Oc2ccc(C(C)O)cc2Br)c1F. The van der Waals surface area contributed by atoms with Gasteiger partial charge in [0.25, 0.3) is 0 Å². The Labute approximate surface area is 120 Å². The molecular formula is C15H14BrFO2. The molecule has 19 heavy (non-hydrogen) atoms. The Morgan fingerprint density at radius 1 is 1.21 bits per heavy atom. The molecule has 0 spiro atoms. The lowest BCUT2D eigenvalue weighted by Gasteiger charge is -2.12. The maximum absolute atomic E-state index is 13.8. The fourth-order valence-corrected chi connectivity index (χ4v) is 2.15. The lowest BCUT2D eigenvalue weighted by atomic mass is 10.1. The maximum atomic E-state index is 13.8. The van der Waals surface area contributed by atoms with Crippen molar-refractivity contribution >= 4 is 15.9 Å². The van der Waals surface area contributed by atoms with E-state index < -0.39 is 6.10 Å². The van der Waals surface area contributed by atoms with Crippen molar-refractivity contribution in [1.82, 2.24) is 0 Å². The summed E-state index contributed by atoms with van der Waals surface area (Å²) < 4.78 is 20.1. The number of halogens is 2. The van der Waals surface area contributed by atoms with Gasteiger partial charge < -0.3 is 9.84 Å². The average molecular weight is 325 g/mol. The van der Waals surface area contributed by atoms with Crippen molar-refractivity contribution in [2.24, 2.45) is 0 Å². The van der Waals surface area contributed by atoms with Gasteiger partial charge in [-0.15, -0.1) is 0 Å². The highest BCUT2D eigenvalue weighted by atomic mass is 79.9. The molecule has 0 aliphatic heterocycles. The van der Waals surface area contributed by atoms with Crippen LogP contribution in [0.4, 0.5) is 4.39 Å². The number of aliphatic hydroxyl groups is 1. The van der Waals surface area contributed by atoms with Gasteiger partial charge in [0.05, 0.1) is 10.6 Å². The molecule has 0 aromatic heterocycles. The van der Waals surface area contributed by atoms with Gasteiger partial charge in [-0.2, -0.15) is 0 Å². The summed E-state index contributed by atoms with van der Waals surface area (Å²) in [6.07, 6.45) is -0.555. The van der Waals surface area contributed by atoms with Crippen molar-refractivity contribution in [1.29, 1.82) is 0 Å². The van der Waals surface area contributed by atoms with Crippen LogP contribution in [-0.2, 0) is 0 Å². The number of hydrogen-bond donors (Lipinski definition) is 1.